The lowest BCUT2D eigenvalue weighted by molar-refractivity contribution is -0.117. The fourth-order valence-corrected chi connectivity index (χ4v) is 3.62. The van der Waals surface area contributed by atoms with Gasteiger partial charge in [-0.25, -0.2) is 4.98 Å². The number of carbonyl (C=O) groups excluding carboxylic acids is 3. The maximum Gasteiger partial charge on any atom is 0.268 e. The number of fused-ring (bicyclic) bond motifs is 1. The number of ether oxygens (including phenoxy) is 1. The number of rotatable bonds is 8. The molecular formula is C20H22N4O4S. The molecule has 2 amide bonds. The van der Waals surface area contributed by atoms with E-state index < -0.39 is 11.9 Å². The Morgan fingerprint density at radius 3 is 2.72 bits per heavy atom. The van der Waals surface area contributed by atoms with Crippen LogP contribution in [0.25, 0.3) is 10.9 Å². The average molecular weight is 414 g/mol. The Bertz CT molecular complexity index is 1060. The van der Waals surface area contributed by atoms with Crippen molar-refractivity contribution in [3.8, 4) is 0 Å². The number of thiazole rings is 1. The number of para-hydroxylation sites is 1. The molecule has 8 nitrogen and oxygen atoms in total. The smallest absolute Gasteiger partial charge is 0.268 e. The normalized spacial score (nSPS) is 12.0. The first kappa shape index (κ1) is 20.7. The molecule has 0 aliphatic carbocycles. The van der Waals surface area contributed by atoms with Gasteiger partial charge < -0.3 is 19.9 Å². The van der Waals surface area contributed by atoms with Crippen molar-refractivity contribution in [1.29, 1.82) is 0 Å². The number of nitrogens with one attached hydrogen (secondary N) is 2. The second-order valence-electron chi connectivity index (χ2n) is 6.51. The molecule has 1 aromatic carbocycles. The van der Waals surface area contributed by atoms with Gasteiger partial charge in [0.2, 0.25) is 5.91 Å². The molecule has 2 heterocycles. The fraction of sp³-hybridized carbons (Fsp3) is 0.300. The first-order valence-electron chi connectivity index (χ1n) is 9.06. The molecule has 152 valence electrons. The summed E-state index contributed by atoms with van der Waals surface area (Å²) < 4.78 is 7.03. The molecule has 3 rings (SSSR count). The van der Waals surface area contributed by atoms with E-state index in [2.05, 4.69) is 15.6 Å². The standard InChI is InChI=1S/C20H22N4O4S/c1-12(18(26)23-20-22-15(11-29-20)13(2)25)21-19(27)17-10-14-6-4-5-7-16(14)24(17)8-9-28-3/h4-7,10-12H,8-9H2,1-3H3,(H,21,27)(H,22,23,26)/t12-/m1/s1. The van der Waals surface area contributed by atoms with Crippen molar-refractivity contribution in [3.05, 3.63) is 47.1 Å². The molecule has 0 saturated carbocycles. The fourth-order valence-electron chi connectivity index (χ4n) is 2.86. The van der Waals surface area contributed by atoms with Gasteiger partial charge in [-0.1, -0.05) is 18.2 Å². The number of aromatic nitrogens is 2. The van der Waals surface area contributed by atoms with Crippen LogP contribution in [0.1, 0.15) is 34.8 Å². The lowest BCUT2D eigenvalue weighted by atomic mass is 10.2. The van der Waals surface area contributed by atoms with E-state index in [1.54, 1.807) is 25.5 Å². The van der Waals surface area contributed by atoms with Crippen LogP contribution in [0.15, 0.2) is 35.7 Å². The van der Waals surface area contributed by atoms with Crippen molar-refractivity contribution >= 4 is 45.0 Å². The van der Waals surface area contributed by atoms with Crippen molar-refractivity contribution in [1.82, 2.24) is 14.9 Å². The molecular weight excluding hydrogens is 392 g/mol. The topological polar surface area (TPSA) is 102 Å². The minimum atomic E-state index is -0.791. The molecule has 1 atom stereocenters. The van der Waals surface area contributed by atoms with Gasteiger partial charge in [0.25, 0.3) is 5.91 Å². The summed E-state index contributed by atoms with van der Waals surface area (Å²) in [5.74, 6) is -0.946. The number of carbonyl (C=O) groups is 3. The molecule has 3 aromatic rings. The monoisotopic (exact) mass is 414 g/mol. The Morgan fingerprint density at radius 2 is 2.03 bits per heavy atom. The highest BCUT2D eigenvalue weighted by Gasteiger charge is 2.21. The summed E-state index contributed by atoms with van der Waals surface area (Å²) in [6, 6.07) is 8.69. The van der Waals surface area contributed by atoms with Crippen LogP contribution in [0.3, 0.4) is 0 Å². The van der Waals surface area contributed by atoms with Gasteiger partial charge in [0.1, 0.15) is 17.4 Å². The molecule has 9 heteroatoms. The van der Waals surface area contributed by atoms with E-state index in [4.69, 9.17) is 4.74 Å². The van der Waals surface area contributed by atoms with E-state index in [1.807, 2.05) is 28.8 Å². The largest absolute Gasteiger partial charge is 0.383 e. The molecule has 29 heavy (non-hydrogen) atoms. The van der Waals surface area contributed by atoms with E-state index >= 15 is 0 Å². The van der Waals surface area contributed by atoms with Crippen LogP contribution in [-0.2, 0) is 16.1 Å². The Morgan fingerprint density at radius 1 is 1.28 bits per heavy atom. The van der Waals surface area contributed by atoms with Crippen molar-refractivity contribution in [3.63, 3.8) is 0 Å². The van der Waals surface area contributed by atoms with E-state index in [0.29, 0.717) is 29.7 Å². The second-order valence-corrected chi connectivity index (χ2v) is 7.37. The number of nitrogens with zero attached hydrogens (tertiary/aromatic N) is 2. The number of hydrogen-bond acceptors (Lipinski definition) is 6. The number of hydrogen-bond donors (Lipinski definition) is 2. The Kier molecular flexibility index (Phi) is 6.40. The van der Waals surface area contributed by atoms with Crippen molar-refractivity contribution < 1.29 is 19.1 Å². The summed E-state index contributed by atoms with van der Waals surface area (Å²) in [6.07, 6.45) is 0. The van der Waals surface area contributed by atoms with Crippen LogP contribution < -0.4 is 10.6 Å². The zero-order valence-electron chi connectivity index (χ0n) is 16.4. The van der Waals surface area contributed by atoms with Gasteiger partial charge in [-0.15, -0.1) is 11.3 Å². The van der Waals surface area contributed by atoms with Crippen molar-refractivity contribution in [2.45, 2.75) is 26.4 Å². The van der Waals surface area contributed by atoms with Crippen LogP contribution in [0.5, 0.6) is 0 Å². The Balaban J connectivity index is 1.73. The molecule has 0 spiro atoms. The van der Waals surface area contributed by atoms with Gasteiger partial charge >= 0.3 is 0 Å². The molecule has 0 unspecified atom stereocenters. The van der Waals surface area contributed by atoms with E-state index in [0.717, 1.165) is 22.2 Å². The summed E-state index contributed by atoms with van der Waals surface area (Å²) in [6.45, 7) is 3.97. The van der Waals surface area contributed by atoms with Gasteiger partial charge in [-0.2, -0.15) is 0 Å². The van der Waals surface area contributed by atoms with E-state index in [1.165, 1.54) is 6.92 Å². The van der Waals surface area contributed by atoms with Crippen LogP contribution >= 0.6 is 11.3 Å². The SMILES string of the molecule is COCCn1c(C(=O)N[C@H](C)C(=O)Nc2nc(C(C)=O)cs2)cc2ccccc21. The number of amides is 2. The number of ketones is 1. The van der Waals surface area contributed by atoms with Crippen LogP contribution in [0.4, 0.5) is 5.13 Å². The lowest BCUT2D eigenvalue weighted by Crippen LogP contribution is -2.42. The third-order valence-corrected chi connectivity index (χ3v) is 5.16. The molecule has 0 bridgehead atoms. The van der Waals surface area contributed by atoms with Crippen molar-refractivity contribution in [2.24, 2.45) is 0 Å². The first-order chi connectivity index (χ1) is 13.9. The predicted octanol–water partition coefficient (Wildman–Crippen LogP) is 2.70. The molecule has 2 N–H and O–H groups in total. The third kappa shape index (κ3) is 4.69. The summed E-state index contributed by atoms with van der Waals surface area (Å²) in [5, 5.41) is 8.17. The van der Waals surface area contributed by atoms with Crippen LogP contribution in [0, 0.1) is 0 Å². The average Bonchev–Trinajstić information content (AvgIpc) is 3.31. The highest BCUT2D eigenvalue weighted by atomic mass is 32.1. The Labute approximate surface area is 171 Å². The van der Waals surface area contributed by atoms with Crippen molar-refractivity contribution in [2.75, 3.05) is 19.0 Å². The van der Waals surface area contributed by atoms with Crippen LogP contribution in [0.2, 0.25) is 0 Å². The predicted molar refractivity (Wildman–Crippen MR) is 111 cm³/mol. The quantitative estimate of drug-likeness (QED) is 0.552. The second kappa shape index (κ2) is 8.97. The minimum Gasteiger partial charge on any atom is -0.383 e. The number of anilines is 1. The maximum absolute atomic E-state index is 12.8. The summed E-state index contributed by atoms with van der Waals surface area (Å²) in [7, 11) is 1.61. The van der Waals surface area contributed by atoms with Gasteiger partial charge in [0.15, 0.2) is 10.9 Å². The summed E-state index contributed by atoms with van der Waals surface area (Å²) in [5.41, 5.74) is 1.67. The molecule has 2 aromatic heterocycles. The molecule has 0 fully saturated rings. The number of benzene rings is 1. The third-order valence-electron chi connectivity index (χ3n) is 4.40. The summed E-state index contributed by atoms with van der Waals surface area (Å²) in [4.78, 5) is 40.6. The van der Waals surface area contributed by atoms with E-state index in [9.17, 15) is 14.4 Å². The highest BCUT2D eigenvalue weighted by molar-refractivity contribution is 7.14. The van der Waals surface area contributed by atoms with Crippen LogP contribution in [-0.4, -0.2) is 46.9 Å². The molecule has 0 saturated heterocycles. The maximum atomic E-state index is 12.8. The van der Waals surface area contributed by atoms with Gasteiger partial charge in [0.05, 0.1) is 6.61 Å². The van der Waals surface area contributed by atoms with Gasteiger partial charge in [-0.05, 0) is 19.1 Å². The number of methoxy groups -OCH3 is 1. The Hall–Kier alpha value is -3.04. The summed E-state index contributed by atoms with van der Waals surface area (Å²) >= 11 is 1.16. The molecule has 0 aliphatic heterocycles. The molecule has 0 radical (unpaired) electrons. The molecule has 0 aliphatic rings. The van der Waals surface area contributed by atoms with Gasteiger partial charge in [-0.3, -0.25) is 14.4 Å². The van der Waals surface area contributed by atoms with E-state index in [-0.39, 0.29) is 11.7 Å². The zero-order chi connectivity index (χ0) is 21.0. The first-order valence-corrected chi connectivity index (χ1v) is 9.94. The van der Waals surface area contributed by atoms with Gasteiger partial charge in [0, 0.05) is 36.9 Å². The number of Topliss-reactive ketones (excluding diaryl/α,β-unsaturated/α-hetero) is 1. The zero-order valence-corrected chi connectivity index (χ0v) is 17.2. The minimum absolute atomic E-state index is 0.174. The highest BCUT2D eigenvalue weighted by Crippen LogP contribution is 2.20. The lowest BCUT2D eigenvalue weighted by Gasteiger charge is -2.15.